The molecule has 1 saturated carbocycles. The fourth-order valence-corrected chi connectivity index (χ4v) is 1.66. The van der Waals surface area contributed by atoms with E-state index in [9.17, 15) is 25.5 Å². The maximum absolute atomic E-state index is 9.54. The van der Waals surface area contributed by atoms with E-state index in [1.54, 1.807) is 0 Å². The quantitative estimate of drug-likeness (QED) is 0.194. The summed E-state index contributed by atoms with van der Waals surface area (Å²) < 4.78 is 0. The van der Waals surface area contributed by atoms with Gasteiger partial charge in [-0.15, -0.1) is 0 Å². The molecule has 0 aromatic carbocycles. The van der Waals surface area contributed by atoms with Gasteiger partial charge in [0.1, 0.15) is 23.9 Å². The van der Waals surface area contributed by atoms with Crippen molar-refractivity contribution in [3.63, 3.8) is 0 Å². The van der Waals surface area contributed by atoms with E-state index in [4.69, 9.17) is 5.53 Å². The van der Waals surface area contributed by atoms with Crippen LogP contribution in [0.1, 0.15) is 6.92 Å². The van der Waals surface area contributed by atoms with Crippen LogP contribution in [0.5, 0.6) is 0 Å². The largest absolute Gasteiger partial charge is 0.390 e. The lowest BCUT2D eigenvalue weighted by atomic mass is 9.74. The molecule has 1 fully saturated rings. The molecular formula is C7H13N3O5. The van der Waals surface area contributed by atoms with E-state index >= 15 is 0 Å². The average molecular weight is 219 g/mol. The first kappa shape index (κ1) is 12.2. The SMILES string of the molecule is CC1(N=[N+]=[N-])[C@H](O)[C@H](O)C(O)[C@@H](O)[C@@H]1O. The molecule has 0 saturated heterocycles. The van der Waals surface area contributed by atoms with Gasteiger partial charge in [0, 0.05) is 4.91 Å². The van der Waals surface area contributed by atoms with E-state index in [1.807, 2.05) is 0 Å². The Bertz CT molecular complexity index is 276. The fourth-order valence-electron chi connectivity index (χ4n) is 1.66. The highest BCUT2D eigenvalue weighted by molar-refractivity contribution is 5.10. The Hall–Kier alpha value is -0.890. The second-order valence-electron chi connectivity index (χ2n) is 3.78. The van der Waals surface area contributed by atoms with Crippen molar-refractivity contribution in [2.24, 2.45) is 5.11 Å². The Morgan fingerprint density at radius 2 is 1.40 bits per heavy atom. The number of azide groups is 1. The van der Waals surface area contributed by atoms with Crippen molar-refractivity contribution in [3.05, 3.63) is 10.4 Å². The highest BCUT2D eigenvalue weighted by Gasteiger charge is 2.55. The molecule has 0 amide bonds. The van der Waals surface area contributed by atoms with Crippen molar-refractivity contribution in [3.8, 4) is 0 Å². The molecule has 6 atom stereocenters. The monoisotopic (exact) mass is 219 g/mol. The highest BCUT2D eigenvalue weighted by Crippen LogP contribution is 2.33. The van der Waals surface area contributed by atoms with Crippen LogP contribution in [0, 0.1) is 0 Å². The molecule has 8 nitrogen and oxygen atoms in total. The minimum absolute atomic E-state index is 1.18. The van der Waals surface area contributed by atoms with Crippen LogP contribution in [0.15, 0.2) is 5.11 Å². The van der Waals surface area contributed by atoms with Crippen LogP contribution in [-0.2, 0) is 0 Å². The summed E-state index contributed by atoms with van der Waals surface area (Å²) >= 11 is 0. The van der Waals surface area contributed by atoms with Gasteiger partial charge in [-0.2, -0.15) is 0 Å². The van der Waals surface area contributed by atoms with Gasteiger partial charge in [-0.3, -0.25) is 0 Å². The molecule has 0 aliphatic heterocycles. The van der Waals surface area contributed by atoms with E-state index in [0.717, 1.165) is 0 Å². The molecule has 0 aromatic heterocycles. The molecule has 1 aliphatic rings. The minimum atomic E-state index is -1.77. The van der Waals surface area contributed by atoms with Gasteiger partial charge in [0.05, 0.1) is 12.2 Å². The van der Waals surface area contributed by atoms with Gasteiger partial charge in [-0.05, 0) is 12.5 Å². The molecule has 2 unspecified atom stereocenters. The molecule has 0 spiro atoms. The molecule has 0 radical (unpaired) electrons. The fraction of sp³-hybridized carbons (Fsp3) is 1.00. The summed E-state index contributed by atoms with van der Waals surface area (Å²) in [4.78, 5) is 2.43. The lowest BCUT2D eigenvalue weighted by Gasteiger charge is -2.46. The second-order valence-corrected chi connectivity index (χ2v) is 3.78. The number of rotatable bonds is 1. The van der Waals surface area contributed by atoms with Crippen LogP contribution in [0.4, 0.5) is 0 Å². The molecule has 0 bridgehead atoms. The number of aliphatic hydroxyl groups is 5. The standard InChI is InChI=1S/C7H13N3O5/c1-7(9-10-8)5(14)3(12)2(11)4(13)6(7)15/h2-6,11-15H,1H3/t2?,3-,4-,5-,6+,7?/m1/s1. The van der Waals surface area contributed by atoms with Gasteiger partial charge in [-0.25, -0.2) is 0 Å². The molecule has 15 heavy (non-hydrogen) atoms. The average Bonchev–Trinajstić information content (AvgIpc) is 2.22. The zero-order valence-corrected chi connectivity index (χ0v) is 7.96. The lowest BCUT2D eigenvalue weighted by molar-refractivity contribution is -0.207. The zero-order valence-electron chi connectivity index (χ0n) is 7.96. The van der Waals surface area contributed by atoms with Crippen molar-refractivity contribution >= 4 is 0 Å². The van der Waals surface area contributed by atoms with Crippen LogP contribution in [0.2, 0.25) is 0 Å². The molecule has 8 heteroatoms. The second kappa shape index (κ2) is 3.93. The van der Waals surface area contributed by atoms with Crippen LogP contribution in [-0.4, -0.2) is 61.6 Å². The van der Waals surface area contributed by atoms with Crippen LogP contribution in [0.3, 0.4) is 0 Å². The number of aliphatic hydroxyl groups excluding tert-OH is 5. The Morgan fingerprint density at radius 1 is 1.00 bits per heavy atom. The summed E-state index contributed by atoms with van der Waals surface area (Å²) in [5.74, 6) is 0. The lowest BCUT2D eigenvalue weighted by Crippen LogP contribution is -2.68. The summed E-state index contributed by atoms with van der Waals surface area (Å²) in [6.45, 7) is 1.18. The topological polar surface area (TPSA) is 150 Å². The minimum Gasteiger partial charge on any atom is -0.390 e. The van der Waals surface area contributed by atoms with E-state index < -0.39 is 36.1 Å². The first-order valence-electron chi connectivity index (χ1n) is 4.33. The maximum Gasteiger partial charge on any atom is 0.111 e. The number of nitrogens with zero attached hydrogens (tertiary/aromatic N) is 3. The van der Waals surface area contributed by atoms with Gasteiger partial charge in [0.15, 0.2) is 0 Å². The zero-order chi connectivity index (χ0) is 11.8. The third-order valence-corrected chi connectivity index (χ3v) is 2.80. The Balaban J connectivity index is 3.11. The van der Waals surface area contributed by atoms with Crippen molar-refractivity contribution in [1.29, 1.82) is 0 Å². The Labute approximate surface area is 85.0 Å². The van der Waals surface area contributed by atoms with Gasteiger partial charge in [0.25, 0.3) is 0 Å². The summed E-state index contributed by atoms with van der Waals surface area (Å²) in [5, 5.41) is 50.2. The van der Waals surface area contributed by atoms with Crippen molar-refractivity contribution in [2.45, 2.75) is 43.0 Å². The third-order valence-electron chi connectivity index (χ3n) is 2.80. The molecule has 0 aromatic rings. The van der Waals surface area contributed by atoms with E-state index in [2.05, 4.69) is 10.0 Å². The van der Waals surface area contributed by atoms with Gasteiger partial charge in [-0.1, -0.05) is 5.11 Å². The third kappa shape index (κ3) is 1.67. The maximum atomic E-state index is 9.54. The summed E-state index contributed by atoms with van der Waals surface area (Å²) in [6, 6.07) is 0. The molecule has 5 N–H and O–H groups in total. The predicted octanol–water partition coefficient (Wildman–Crippen LogP) is -2.13. The molecule has 0 heterocycles. The van der Waals surface area contributed by atoms with Crippen LogP contribution >= 0.6 is 0 Å². The van der Waals surface area contributed by atoms with E-state index in [-0.39, 0.29) is 0 Å². The smallest absolute Gasteiger partial charge is 0.111 e. The molecule has 1 rings (SSSR count). The van der Waals surface area contributed by atoms with Crippen molar-refractivity contribution in [1.82, 2.24) is 0 Å². The predicted molar refractivity (Wildman–Crippen MR) is 47.6 cm³/mol. The Morgan fingerprint density at radius 3 is 1.73 bits per heavy atom. The summed E-state index contributed by atoms with van der Waals surface area (Å²) in [6.07, 6.45) is -8.35. The number of hydrogen-bond acceptors (Lipinski definition) is 6. The first-order chi connectivity index (χ1) is 6.86. The molecular weight excluding hydrogens is 206 g/mol. The molecule has 86 valence electrons. The highest BCUT2D eigenvalue weighted by atomic mass is 16.4. The van der Waals surface area contributed by atoms with Crippen LogP contribution in [0.25, 0.3) is 10.4 Å². The van der Waals surface area contributed by atoms with Gasteiger partial charge < -0.3 is 25.5 Å². The van der Waals surface area contributed by atoms with E-state index in [1.165, 1.54) is 6.92 Å². The van der Waals surface area contributed by atoms with Crippen molar-refractivity contribution in [2.75, 3.05) is 0 Å². The first-order valence-corrected chi connectivity index (χ1v) is 4.33. The normalized spacial score (nSPS) is 50.9. The Kier molecular flexibility index (Phi) is 3.19. The summed E-state index contributed by atoms with van der Waals surface area (Å²) in [7, 11) is 0. The van der Waals surface area contributed by atoms with Crippen molar-refractivity contribution < 1.29 is 25.5 Å². The van der Waals surface area contributed by atoms with Gasteiger partial charge >= 0.3 is 0 Å². The summed E-state index contributed by atoms with van der Waals surface area (Å²) in [5.41, 5.74) is 6.50. The number of hydrogen-bond donors (Lipinski definition) is 5. The van der Waals surface area contributed by atoms with Crippen LogP contribution < -0.4 is 0 Å². The van der Waals surface area contributed by atoms with Gasteiger partial charge in [0.2, 0.25) is 0 Å². The molecule has 1 aliphatic carbocycles. The van der Waals surface area contributed by atoms with E-state index in [0.29, 0.717) is 0 Å².